The molecule has 1 atom stereocenters. The fourth-order valence-corrected chi connectivity index (χ4v) is 3.24. The van der Waals surface area contributed by atoms with Crippen LogP contribution in [0.1, 0.15) is 50.6 Å². The monoisotopic (exact) mass is 339 g/mol. The minimum absolute atomic E-state index is 0.0203. The van der Waals surface area contributed by atoms with Gasteiger partial charge in [0.25, 0.3) is 0 Å². The van der Waals surface area contributed by atoms with E-state index < -0.39 is 0 Å². The van der Waals surface area contributed by atoms with Crippen molar-refractivity contribution in [3.8, 4) is 0 Å². The summed E-state index contributed by atoms with van der Waals surface area (Å²) in [7, 11) is 0. The van der Waals surface area contributed by atoms with E-state index in [0.29, 0.717) is 0 Å². The maximum Gasteiger partial charge on any atom is 0.246 e. The van der Waals surface area contributed by atoms with E-state index in [2.05, 4.69) is 21.2 Å². The molecular weight excluding hydrogens is 318 g/mol. The number of carbonyl (C=O) groups excluding carboxylic acids is 1. The Morgan fingerprint density at radius 1 is 1.35 bits per heavy atom. The molecule has 4 heteroatoms. The van der Waals surface area contributed by atoms with Gasteiger partial charge in [0.1, 0.15) is 6.61 Å². The fraction of sp³-hybridized carbons (Fsp3) is 0.562. The van der Waals surface area contributed by atoms with Crippen LogP contribution < -0.4 is 5.32 Å². The Labute approximate surface area is 129 Å². The molecule has 0 heterocycles. The largest absolute Gasteiger partial charge is 0.368 e. The predicted octanol–water partition coefficient (Wildman–Crippen LogP) is 3.98. The van der Waals surface area contributed by atoms with Crippen LogP contribution in [0.5, 0.6) is 0 Å². The van der Waals surface area contributed by atoms with Gasteiger partial charge in [0.15, 0.2) is 0 Å². The average molecular weight is 340 g/mol. The second-order valence-electron chi connectivity index (χ2n) is 5.38. The zero-order chi connectivity index (χ0) is 14.4. The van der Waals surface area contributed by atoms with Gasteiger partial charge in [-0.15, -0.1) is 0 Å². The van der Waals surface area contributed by atoms with Crippen LogP contribution in [0.4, 0.5) is 0 Å². The van der Waals surface area contributed by atoms with Crippen molar-refractivity contribution < 1.29 is 9.53 Å². The Morgan fingerprint density at radius 3 is 2.75 bits per heavy atom. The van der Waals surface area contributed by atoms with Crippen molar-refractivity contribution in [2.45, 2.75) is 51.2 Å². The standard InChI is InChI=1S/C16H22BrNO2/c1-12(14-9-5-6-10-15(14)17)18-16(19)11-20-13-7-3-2-4-8-13/h5-6,9-10,12-13H,2-4,7-8,11H2,1H3,(H,18,19)/t12-/m1/s1. The first-order valence-corrected chi connectivity index (χ1v) is 8.11. The Bertz CT molecular complexity index is 444. The summed E-state index contributed by atoms with van der Waals surface area (Å²) < 4.78 is 6.70. The molecule has 3 nitrogen and oxygen atoms in total. The molecule has 1 aliphatic rings. The van der Waals surface area contributed by atoms with Crippen LogP contribution >= 0.6 is 15.9 Å². The quantitative estimate of drug-likeness (QED) is 0.881. The highest BCUT2D eigenvalue weighted by molar-refractivity contribution is 9.10. The molecule has 0 radical (unpaired) electrons. The van der Waals surface area contributed by atoms with Gasteiger partial charge in [-0.3, -0.25) is 4.79 Å². The molecule has 1 aromatic rings. The zero-order valence-corrected chi connectivity index (χ0v) is 13.5. The highest BCUT2D eigenvalue weighted by Gasteiger charge is 2.16. The van der Waals surface area contributed by atoms with Gasteiger partial charge in [-0.2, -0.15) is 0 Å². The van der Waals surface area contributed by atoms with Crippen molar-refractivity contribution >= 4 is 21.8 Å². The van der Waals surface area contributed by atoms with Crippen molar-refractivity contribution in [3.05, 3.63) is 34.3 Å². The van der Waals surface area contributed by atoms with E-state index in [1.165, 1.54) is 19.3 Å². The van der Waals surface area contributed by atoms with Crippen molar-refractivity contribution in [1.29, 1.82) is 0 Å². The summed E-state index contributed by atoms with van der Waals surface area (Å²) in [6.45, 7) is 2.15. The van der Waals surface area contributed by atoms with Gasteiger partial charge in [-0.1, -0.05) is 53.4 Å². The molecule has 1 aliphatic carbocycles. The number of halogens is 1. The van der Waals surface area contributed by atoms with Crippen molar-refractivity contribution in [1.82, 2.24) is 5.32 Å². The highest BCUT2D eigenvalue weighted by atomic mass is 79.9. The second-order valence-corrected chi connectivity index (χ2v) is 6.24. The lowest BCUT2D eigenvalue weighted by atomic mass is 9.98. The maximum absolute atomic E-state index is 11.9. The van der Waals surface area contributed by atoms with Crippen molar-refractivity contribution in [2.75, 3.05) is 6.61 Å². The molecule has 1 N–H and O–H groups in total. The van der Waals surface area contributed by atoms with Gasteiger partial charge < -0.3 is 10.1 Å². The summed E-state index contributed by atoms with van der Waals surface area (Å²) >= 11 is 3.51. The molecule has 1 fully saturated rings. The average Bonchev–Trinajstić information content (AvgIpc) is 2.46. The van der Waals surface area contributed by atoms with Crippen LogP contribution in [0.15, 0.2) is 28.7 Å². The molecule has 1 saturated carbocycles. The maximum atomic E-state index is 11.9. The van der Waals surface area contributed by atoms with Gasteiger partial charge in [-0.05, 0) is 31.4 Å². The topological polar surface area (TPSA) is 38.3 Å². The van der Waals surface area contributed by atoms with E-state index in [0.717, 1.165) is 22.9 Å². The van der Waals surface area contributed by atoms with Gasteiger partial charge in [0.05, 0.1) is 12.1 Å². The predicted molar refractivity (Wildman–Crippen MR) is 83.5 cm³/mol. The molecule has 0 unspecified atom stereocenters. The fourth-order valence-electron chi connectivity index (χ4n) is 2.61. The molecule has 0 bridgehead atoms. The molecule has 2 rings (SSSR count). The molecule has 20 heavy (non-hydrogen) atoms. The molecule has 0 aromatic heterocycles. The molecule has 0 aliphatic heterocycles. The van der Waals surface area contributed by atoms with Crippen LogP contribution in [-0.2, 0) is 9.53 Å². The zero-order valence-electron chi connectivity index (χ0n) is 11.9. The molecule has 110 valence electrons. The molecule has 0 saturated heterocycles. The SMILES string of the molecule is C[C@@H](NC(=O)COC1CCCCC1)c1ccccc1Br. The number of rotatable bonds is 5. The van der Waals surface area contributed by atoms with E-state index in [1.54, 1.807) is 0 Å². The van der Waals surface area contributed by atoms with Gasteiger partial charge in [0, 0.05) is 4.47 Å². The van der Waals surface area contributed by atoms with E-state index in [-0.39, 0.29) is 24.7 Å². The third kappa shape index (κ3) is 4.60. The van der Waals surface area contributed by atoms with Gasteiger partial charge >= 0.3 is 0 Å². The number of nitrogens with one attached hydrogen (secondary N) is 1. The van der Waals surface area contributed by atoms with Crippen molar-refractivity contribution in [2.24, 2.45) is 0 Å². The van der Waals surface area contributed by atoms with E-state index in [1.807, 2.05) is 31.2 Å². The van der Waals surface area contributed by atoms with Crippen LogP contribution in [0.3, 0.4) is 0 Å². The Balaban J connectivity index is 1.77. The summed E-state index contributed by atoms with van der Waals surface area (Å²) in [6, 6.07) is 7.91. The molecule has 0 spiro atoms. The lowest BCUT2D eigenvalue weighted by Crippen LogP contribution is -2.32. The van der Waals surface area contributed by atoms with Crippen LogP contribution in [0, 0.1) is 0 Å². The van der Waals surface area contributed by atoms with Crippen LogP contribution in [-0.4, -0.2) is 18.6 Å². The summed E-state index contributed by atoms with van der Waals surface area (Å²) in [5, 5.41) is 2.98. The first-order valence-electron chi connectivity index (χ1n) is 7.32. The lowest BCUT2D eigenvalue weighted by Gasteiger charge is -2.22. The molecule has 1 amide bonds. The van der Waals surface area contributed by atoms with E-state index >= 15 is 0 Å². The number of amides is 1. The number of hydrogen-bond acceptors (Lipinski definition) is 2. The van der Waals surface area contributed by atoms with E-state index in [9.17, 15) is 4.79 Å². The first-order chi connectivity index (χ1) is 9.66. The van der Waals surface area contributed by atoms with Gasteiger partial charge in [-0.25, -0.2) is 0 Å². The minimum atomic E-state index is -0.0428. The molecular formula is C16H22BrNO2. The third-order valence-electron chi connectivity index (χ3n) is 3.75. The third-order valence-corrected chi connectivity index (χ3v) is 4.47. The number of ether oxygens (including phenoxy) is 1. The van der Waals surface area contributed by atoms with Crippen molar-refractivity contribution in [3.63, 3.8) is 0 Å². The minimum Gasteiger partial charge on any atom is -0.368 e. The van der Waals surface area contributed by atoms with E-state index in [4.69, 9.17) is 4.74 Å². The summed E-state index contributed by atoms with van der Waals surface area (Å²) in [5.74, 6) is -0.0428. The lowest BCUT2D eigenvalue weighted by molar-refractivity contribution is -0.129. The molecule has 1 aromatic carbocycles. The van der Waals surface area contributed by atoms with Crippen LogP contribution in [0.2, 0.25) is 0 Å². The normalized spacial score (nSPS) is 17.7. The Hall–Kier alpha value is -0.870. The first kappa shape index (κ1) is 15.5. The second kappa shape index (κ2) is 7.79. The smallest absolute Gasteiger partial charge is 0.246 e. The Kier molecular flexibility index (Phi) is 6.05. The highest BCUT2D eigenvalue weighted by Crippen LogP contribution is 2.23. The summed E-state index contributed by atoms with van der Waals surface area (Å²) in [6.07, 6.45) is 6.19. The number of carbonyl (C=O) groups is 1. The number of hydrogen-bond donors (Lipinski definition) is 1. The Morgan fingerprint density at radius 2 is 2.05 bits per heavy atom. The van der Waals surface area contributed by atoms with Crippen LogP contribution in [0.25, 0.3) is 0 Å². The van der Waals surface area contributed by atoms with Gasteiger partial charge in [0.2, 0.25) is 5.91 Å². The summed E-state index contributed by atoms with van der Waals surface area (Å²) in [5.41, 5.74) is 1.08. The summed E-state index contributed by atoms with van der Waals surface area (Å²) in [4.78, 5) is 11.9. The number of benzene rings is 1.